The molecule has 2 amide bonds. The van der Waals surface area contributed by atoms with Crippen LogP contribution in [0.15, 0.2) is 24.3 Å². The molecule has 0 aromatic heterocycles. The largest absolute Gasteiger partial charge is 0.497 e. The zero-order valence-corrected chi connectivity index (χ0v) is 14.7. The van der Waals surface area contributed by atoms with Gasteiger partial charge in [0.1, 0.15) is 5.75 Å². The van der Waals surface area contributed by atoms with E-state index in [0.717, 1.165) is 44.0 Å². The van der Waals surface area contributed by atoms with Crippen LogP contribution in [0.2, 0.25) is 0 Å². The number of nitrogens with zero attached hydrogens (tertiary/aromatic N) is 2. The molecule has 132 valence electrons. The number of carbonyl (C=O) groups is 2. The van der Waals surface area contributed by atoms with Gasteiger partial charge in [-0.2, -0.15) is 0 Å². The van der Waals surface area contributed by atoms with E-state index in [1.807, 2.05) is 29.2 Å². The second-order valence-electron chi connectivity index (χ2n) is 6.03. The van der Waals surface area contributed by atoms with Crippen molar-refractivity contribution < 1.29 is 14.3 Å². The molecule has 2 fully saturated rings. The van der Waals surface area contributed by atoms with Crippen molar-refractivity contribution >= 4 is 29.9 Å². The van der Waals surface area contributed by atoms with Gasteiger partial charge in [-0.25, -0.2) is 0 Å². The van der Waals surface area contributed by atoms with E-state index in [1.54, 1.807) is 12.0 Å². The summed E-state index contributed by atoms with van der Waals surface area (Å²) in [5.74, 6) is 0.646. The molecule has 6 nitrogen and oxygen atoms in total. The van der Waals surface area contributed by atoms with E-state index >= 15 is 0 Å². The van der Waals surface area contributed by atoms with Crippen LogP contribution in [0.4, 0.5) is 5.69 Å². The van der Waals surface area contributed by atoms with Gasteiger partial charge in [-0.05, 0) is 37.2 Å². The molecule has 2 aliphatic heterocycles. The van der Waals surface area contributed by atoms with E-state index in [1.165, 1.54) is 0 Å². The Hall–Kier alpha value is -1.79. The third kappa shape index (κ3) is 3.99. The Bertz CT molecular complexity index is 571. The first kappa shape index (κ1) is 18.5. The molecule has 0 radical (unpaired) electrons. The average Bonchev–Trinajstić information content (AvgIpc) is 2.79. The molecule has 7 heteroatoms. The van der Waals surface area contributed by atoms with Crippen molar-refractivity contribution in [3.05, 3.63) is 24.3 Å². The van der Waals surface area contributed by atoms with Crippen molar-refractivity contribution in [1.29, 1.82) is 0 Å². The van der Waals surface area contributed by atoms with Crippen molar-refractivity contribution in [2.75, 3.05) is 44.7 Å². The molecule has 1 aromatic carbocycles. The quantitative estimate of drug-likeness (QED) is 0.889. The molecule has 2 heterocycles. The number of benzene rings is 1. The first-order valence-corrected chi connectivity index (χ1v) is 8.13. The second kappa shape index (κ2) is 8.35. The van der Waals surface area contributed by atoms with E-state index in [-0.39, 0.29) is 30.1 Å². The molecular weight excluding hydrogens is 330 g/mol. The van der Waals surface area contributed by atoms with Crippen LogP contribution >= 0.6 is 12.4 Å². The molecule has 2 saturated heterocycles. The van der Waals surface area contributed by atoms with E-state index in [0.29, 0.717) is 13.0 Å². The fourth-order valence-electron chi connectivity index (χ4n) is 3.21. The minimum absolute atomic E-state index is 0. The van der Waals surface area contributed by atoms with Crippen LogP contribution in [-0.4, -0.2) is 56.5 Å². The van der Waals surface area contributed by atoms with Gasteiger partial charge in [-0.15, -0.1) is 12.4 Å². The smallest absolute Gasteiger partial charge is 0.228 e. The number of nitrogens with one attached hydrogen (secondary N) is 1. The Morgan fingerprint density at radius 2 is 1.96 bits per heavy atom. The van der Waals surface area contributed by atoms with Crippen molar-refractivity contribution in [3.8, 4) is 5.75 Å². The van der Waals surface area contributed by atoms with E-state index in [9.17, 15) is 9.59 Å². The Balaban J connectivity index is 0.00000208. The molecule has 1 N–H and O–H groups in total. The summed E-state index contributed by atoms with van der Waals surface area (Å²) in [5, 5.41) is 3.29. The minimum atomic E-state index is -0.234. The van der Waals surface area contributed by atoms with E-state index in [4.69, 9.17) is 4.74 Å². The molecule has 1 atom stereocenters. The predicted octanol–water partition coefficient (Wildman–Crippen LogP) is 1.29. The molecule has 0 saturated carbocycles. The highest BCUT2D eigenvalue weighted by Crippen LogP contribution is 2.27. The molecule has 0 bridgehead atoms. The van der Waals surface area contributed by atoms with E-state index in [2.05, 4.69) is 5.32 Å². The van der Waals surface area contributed by atoms with Crippen LogP contribution in [0.25, 0.3) is 0 Å². The lowest BCUT2D eigenvalue weighted by Gasteiger charge is -2.23. The highest BCUT2D eigenvalue weighted by atomic mass is 35.5. The normalized spacial score (nSPS) is 21.2. The Morgan fingerprint density at radius 3 is 2.67 bits per heavy atom. The summed E-state index contributed by atoms with van der Waals surface area (Å²) in [4.78, 5) is 28.6. The van der Waals surface area contributed by atoms with Crippen LogP contribution in [0.5, 0.6) is 5.75 Å². The zero-order chi connectivity index (χ0) is 16.2. The Morgan fingerprint density at radius 1 is 1.21 bits per heavy atom. The summed E-state index contributed by atoms with van der Waals surface area (Å²) in [7, 11) is 1.61. The van der Waals surface area contributed by atoms with Gasteiger partial charge in [-0.3, -0.25) is 9.59 Å². The highest BCUT2D eigenvalue weighted by Gasteiger charge is 2.37. The number of carbonyl (C=O) groups excluding carboxylic acids is 2. The number of ether oxygens (including phenoxy) is 1. The number of hydrogen-bond donors (Lipinski definition) is 1. The standard InChI is InChI=1S/C17H23N3O3.ClH/c1-23-15-5-3-14(4-6-15)20-12-13(11-16(20)21)17(22)19-9-2-7-18-8-10-19;/h3-6,13,18H,2,7-12H2,1H3;1H. The number of methoxy groups -OCH3 is 1. The number of amides is 2. The van der Waals surface area contributed by atoms with Crippen molar-refractivity contribution in [2.24, 2.45) is 5.92 Å². The molecule has 0 spiro atoms. The number of anilines is 1. The zero-order valence-electron chi connectivity index (χ0n) is 13.9. The summed E-state index contributed by atoms with van der Waals surface area (Å²) < 4.78 is 5.14. The Labute approximate surface area is 148 Å². The van der Waals surface area contributed by atoms with Crippen molar-refractivity contribution in [2.45, 2.75) is 12.8 Å². The van der Waals surface area contributed by atoms with Gasteiger partial charge in [0.2, 0.25) is 11.8 Å². The molecule has 0 aliphatic carbocycles. The van der Waals surface area contributed by atoms with Gasteiger partial charge >= 0.3 is 0 Å². The average molecular weight is 354 g/mol. The third-order valence-corrected chi connectivity index (χ3v) is 4.51. The SMILES string of the molecule is COc1ccc(N2CC(C(=O)N3CCCNCC3)CC2=O)cc1.Cl. The summed E-state index contributed by atoms with van der Waals surface area (Å²) in [6, 6.07) is 7.38. The minimum Gasteiger partial charge on any atom is -0.497 e. The molecule has 2 aliphatic rings. The van der Waals surface area contributed by atoms with E-state index < -0.39 is 0 Å². The maximum absolute atomic E-state index is 12.7. The second-order valence-corrected chi connectivity index (χ2v) is 6.03. The summed E-state index contributed by atoms with van der Waals surface area (Å²) in [5.41, 5.74) is 0.823. The lowest BCUT2D eigenvalue weighted by Crippen LogP contribution is -2.39. The lowest BCUT2D eigenvalue weighted by molar-refractivity contribution is -0.135. The van der Waals surface area contributed by atoms with Crippen molar-refractivity contribution in [1.82, 2.24) is 10.2 Å². The fraction of sp³-hybridized carbons (Fsp3) is 0.529. The predicted molar refractivity (Wildman–Crippen MR) is 94.8 cm³/mol. The van der Waals surface area contributed by atoms with Gasteiger partial charge in [-0.1, -0.05) is 0 Å². The molecule has 3 rings (SSSR count). The topological polar surface area (TPSA) is 61.9 Å². The molecular formula is C17H24ClN3O3. The third-order valence-electron chi connectivity index (χ3n) is 4.51. The summed E-state index contributed by atoms with van der Waals surface area (Å²) in [6.45, 7) is 3.75. The first-order chi connectivity index (χ1) is 11.2. The number of halogens is 1. The maximum atomic E-state index is 12.7. The van der Waals surface area contributed by atoms with Gasteiger partial charge in [0, 0.05) is 38.3 Å². The lowest BCUT2D eigenvalue weighted by atomic mass is 10.1. The van der Waals surface area contributed by atoms with Crippen LogP contribution in [-0.2, 0) is 9.59 Å². The highest BCUT2D eigenvalue weighted by molar-refractivity contribution is 6.00. The fourth-order valence-corrected chi connectivity index (χ4v) is 3.21. The van der Waals surface area contributed by atoms with Crippen LogP contribution in [0, 0.1) is 5.92 Å². The van der Waals surface area contributed by atoms with Gasteiger partial charge < -0.3 is 19.9 Å². The van der Waals surface area contributed by atoms with Gasteiger partial charge in [0.05, 0.1) is 13.0 Å². The monoisotopic (exact) mass is 353 g/mol. The van der Waals surface area contributed by atoms with Crippen LogP contribution in [0.3, 0.4) is 0 Å². The number of rotatable bonds is 3. The molecule has 1 unspecified atom stereocenters. The Kier molecular flexibility index (Phi) is 6.45. The van der Waals surface area contributed by atoms with Gasteiger partial charge in [0.15, 0.2) is 0 Å². The van der Waals surface area contributed by atoms with Crippen LogP contribution < -0.4 is 15.0 Å². The summed E-state index contributed by atoms with van der Waals surface area (Å²) >= 11 is 0. The molecule has 1 aromatic rings. The van der Waals surface area contributed by atoms with Crippen LogP contribution in [0.1, 0.15) is 12.8 Å². The number of hydrogen-bond acceptors (Lipinski definition) is 4. The summed E-state index contributed by atoms with van der Waals surface area (Å²) in [6.07, 6.45) is 1.27. The maximum Gasteiger partial charge on any atom is 0.228 e. The molecule has 24 heavy (non-hydrogen) atoms. The first-order valence-electron chi connectivity index (χ1n) is 8.13. The van der Waals surface area contributed by atoms with Crippen molar-refractivity contribution in [3.63, 3.8) is 0 Å². The van der Waals surface area contributed by atoms with Gasteiger partial charge in [0.25, 0.3) is 0 Å².